The monoisotopic (exact) mass is 278 g/mol. The van der Waals surface area contributed by atoms with Crippen molar-refractivity contribution in [2.75, 3.05) is 25.0 Å². The lowest BCUT2D eigenvalue weighted by atomic mass is 10.2. The van der Waals surface area contributed by atoms with Gasteiger partial charge in [0.15, 0.2) is 6.10 Å². The second kappa shape index (κ2) is 6.27. The average Bonchev–Trinajstić information content (AvgIpc) is 2.47. The molecular weight excluding hydrogens is 260 g/mol. The first-order valence-corrected chi connectivity index (χ1v) is 6.62. The number of nitrogens with zero attached hydrogens (tertiary/aromatic N) is 1. The Kier molecular flexibility index (Phi) is 4.45. The van der Waals surface area contributed by atoms with Gasteiger partial charge in [0.2, 0.25) is 0 Å². The van der Waals surface area contributed by atoms with Gasteiger partial charge in [0.25, 0.3) is 5.91 Å². The van der Waals surface area contributed by atoms with Crippen LogP contribution < -0.4 is 10.1 Å². The first-order chi connectivity index (χ1) is 9.61. The van der Waals surface area contributed by atoms with Gasteiger partial charge in [-0.15, -0.1) is 0 Å². The fraction of sp³-hybridized carbons (Fsp3) is 0.429. The van der Waals surface area contributed by atoms with Crippen LogP contribution in [0.3, 0.4) is 0 Å². The third kappa shape index (κ3) is 3.20. The van der Waals surface area contributed by atoms with Crippen molar-refractivity contribution in [3.63, 3.8) is 0 Å². The Balaban J connectivity index is 2.01. The molecule has 1 atom stereocenters. The zero-order valence-corrected chi connectivity index (χ0v) is 11.3. The zero-order valence-electron chi connectivity index (χ0n) is 11.3. The smallest absolute Gasteiger partial charge is 0.305 e. The predicted octanol–water partition coefficient (Wildman–Crippen LogP) is 1.18. The first-order valence-electron chi connectivity index (χ1n) is 6.62. The molecule has 0 aromatic heterocycles. The van der Waals surface area contributed by atoms with E-state index in [4.69, 9.17) is 9.84 Å². The highest BCUT2D eigenvalue weighted by Gasteiger charge is 2.29. The maximum Gasteiger partial charge on any atom is 0.305 e. The van der Waals surface area contributed by atoms with E-state index in [1.54, 1.807) is 6.07 Å². The SMILES string of the molecule is CCN(CCC(=O)O)C(=O)C1CNc2ccccc2O1. The minimum Gasteiger partial charge on any atom is -0.481 e. The average molecular weight is 278 g/mol. The molecule has 20 heavy (non-hydrogen) atoms. The summed E-state index contributed by atoms with van der Waals surface area (Å²) in [5.41, 5.74) is 0.866. The summed E-state index contributed by atoms with van der Waals surface area (Å²) in [6.45, 7) is 2.88. The molecule has 6 nitrogen and oxygen atoms in total. The van der Waals surface area contributed by atoms with E-state index in [2.05, 4.69) is 5.32 Å². The number of fused-ring (bicyclic) bond motifs is 1. The molecule has 0 aliphatic carbocycles. The number of benzene rings is 1. The number of anilines is 1. The number of carboxylic acids is 1. The molecule has 1 aliphatic rings. The maximum absolute atomic E-state index is 12.3. The Morgan fingerprint density at radius 1 is 1.45 bits per heavy atom. The number of hydrogen-bond acceptors (Lipinski definition) is 4. The van der Waals surface area contributed by atoms with Gasteiger partial charge in [0.1, 0.15) is 5.75 Å². The molecule has 108 valence electrons. The van der Waals surface area contributed by atoms with E-state index in [1.165, 1.54) is 4.90 Å². The molecule has 0 radical (unpaired) electrons. The van der Waals surface area contributed by atoms with Crippen molar-refractivity contribution >= 4 is 17.6 Å². The molecule has 1 amide bonds. The topological polar surface area (TPSA) is 78.9 Å². The number of amides is 1. The molecule has 0 saturated carbocycles. The predicted molar refractivity (Wildman–Crippen MR) is 73.9 cm³/mol. The number of rotatable bonds is 5. The first kappa shape index (κ1) is 14.2. The highest BCUT2D eigenvalue weighted by atomic mass is 16.5. The number of hydrogen-bond donors (Lipinski definition) is 2. The number of likely N-dealkylation sites (N-methyl/N-ethyl adjacent to an activating group) is 1. The van der Waals surface area contributed by atoms with E-state index < -0.39 is 12.1 Å². The zero-order chi connectivity index (χ0) is 14.5. The van der Waals surface area contributed by atoms with Crippen molar-refractivity contribution in [3.8, 4) is 5.75 Å². The number of carbonyl (C=O) groups excluding carboxylic acids is 1. The van der Waals surface area contributed by atoms with E-state index in [-0.39, 0.29) is 18.9 Å². The highest BCUT2D eigenvalue weighted by molar-refractivity contribution is 5.83. The van der Waals surface area contributed by atoms with Crippen LogP contribution in [0.15, 0.2) is 24.3 Å². The minimum absolute atomic E-state index is 0.0592. The second-order valence-electron chi connectivity index (χ2n) is 4.55. The van der Waals surface area contributed by atoms with Crippen LogP contribution in [-0.2, 0) is 9.59 Å². The molecule has 1 aromatic rings. The summed E-state index contributed by atoms with van der Waals surface area (Å²) in [6, 6.07) is 7.42. The van der Waals surface area contributed by atoms with Crippen LogP contribution >= 0.6 is 0 Å². The Morgan fingerprint density at radius 3 is 2.90 bits per heavy atom. The summed E-state index contributed by atoms with van der Waals surface area (Å²) >= 11 is 0. The van der Waals surface area contributed by atoms with E-state index in [0.29, 0.717) is 18.8 Å². The highest BCUT2D eigenvalue weighted by Crippen LogP contribution is 2.28. The lowest BCUT2D eigenvalue weighted by molar-refractivity contribution is -0.141. The summed E-state index contributed by atoms with van der Waals surface area (Å²) in [6.07, 6.45) is -0.672. The molecule has 1 aliphatic heterocycles. The summed E-state index contributed by atoms with van der Waals surface area (Å²) in [5, 5.41) is 11.8. The Hall–Kier alpha value is -2.24. The molecule has 0 spiro atoms. The van der Waals surface area contributed by atoms with Gasteiger partial charge < -0.3 is 20.1 Å². The van der Waals surface area contributed by atoms with E-state index in [0.717, 1.165) is 5.69 Å². The largest absolute Gasteiger partial charge is 0.481 e. The third-order valence-electron chi connectivity index (χ3n) is 3.20. The van der Waals surface area contributed by atoms with Crippen molar-refractivity contribution in [2.24, 2.45) is 0 Å². The normalized spacial score (nSPS) is 16.6. The van der Waals surface area contributed by atoms with Crippen LogP contribution in [-0.4, -0.2) is 47.6 Å². The van der Waals surface area contributed by atoms with Crippen LogP contribution in [0, 0.1) is 0 Å². The molecule has 6 heteroatoms. The fourth-order valence-electron chi connectivity index (χ4n) is 2.11. The number of carboxylic acid groups (broad SMARTS) is 1. The van der Waals surface area contributed by atoms with Gasteiger partial charge in [-0.2, -0.15) is 0 Å². The number of ether oxygens (including phenoxy) is 1. The number of nitrogens with one attached hydrogen (secondary N) is 1. The molecule has 0 saturated heterocycles. The standard InChI is InChI=1S/C14H18N2O4/c1-2-16(8-7-13(17)18)14(19)12-9-15-10-5-3-4-6-11(10)20-12/h3-6,12,15H,2,7-9H2,1H3,(H,17,18). The third-order valence-corrected chi connectivity index (χ3v) is 3.20. The van der Waals surface area contributed by atoms with Crippen LogP contribution in [0.5, 0.6) is 5.75 Å². The fourth-order valence-corrected chi connectivity index (χ4v) is 2.11. The molecule has 0 bridgehead atoms. The minimum atomic E-state index is -0.913. The van der Waals surface area contributed by atoms with Crippen LogP contribution in [0.4, 0.5) is 5.69 Å². The Bertz CT molecular complexity index is 504. The maximum atomic E-state index is 12.3. The van der Waals surface area contributed by atoms with Crippen molar-refractivity contribution in [2.45, 2.75) is 19.4 Å². The van der Waals surface area contributed by atoms with Gasteiger partial charge in [-0.3, -0.25) is 9.59 Å². The Morgan fingerprint density at radius 2 is 2.20 bits per heavy atom. The molecule has 1 aromatic carbocycles. The van der Waals surface area contributed by atoms with Gasteiger partial charge in [-0.05, 0) is 19.1 Å². The van der Waals surface area contributed by atoms with Crippen molar-refractivity contribution in [3.05, 3.63) is 24.3 Å². The van der Waals surface area contributed by atoms with Gasteiger partial charge in [-0.1, -0.05) is 12.1 Å². The quantitative estimate of drug-likeness (QED) is 0.845. The van der Waals surface area contributed by atoms with E-state index in [9.17, 15) is 9.59 Å². The van der Waals surface area contributed by atoms with Gasteiger partial charge >= 0.3 is 5.97 Å². The summed E-state index contributed by atoms with van der Waals surface area (Å²) in [5.74, 6) is -0.452. The van der Waals surface area contributed by atoms with E-state index >= 15 is 0 Å². The lowest BCUT2D eigenvalue weighted by Crippen LogP contribution is -2.47. The summed E-state index contributed by atoms with van der Waals surface area (Å²) in [4.78, 5) is 24.4. The van der Waals surface area contributed by atoms with Crippen molar-refractivity contribution in [1.82, 2.24) is 4.90 Å². The molecule has 1 heterocycles. The molecule has 1 unspecified atom stereocenters. The number of carbonyl (C=O) groups is 2. The molecule has 0 fully saturated rings. The van der Waals surface area contributed by atoms with Gasteiger partial charge in [0, 0.05) is 13.1 Å². The second-order valence-corrected chi connectivity index (χ2v) is 4.55. The van der Waals surface area contributed by atoms with Crippen LogP contribution in [0.2, 0.25) is 0 Å². The van der Waals surface area contributed by atoms with Crippen molar-refractivity contribution < 1.29 is 19.4 Å². The number of para-hydroxylation sites is 2. The van der Waals surface area contributed by atoms with Crippen LogP contribution in [0.25, 0.3) is 0 Å². The number of aliphatic carboxylic acids is 1. The van der Waals surface area contributed by atoms with Gasteiger partial charge in [-0.25, -0.2) is 0 Å². The molecule has 2 N–H and O–H groups in total. The summed E-state index contributed by atoms with van der Waals surface area (Å²) < 4.78 is 5.68. The Labute approximate surface area is 117 Å². The summed E-state index contributed by atoms with van der Waals surface area (Å²) in [7, 11) is 0. The molecule has 2 rings (SSSR count). The lowest BCUT2D eigenvalue weighted by Gasteiger charge is -2.30. The molecular formula is C14H18N2O4. The van der Waals surface area contributed by atoms with Gasteiger partial charge in [0.05, 0.1) is 18.7 Å². The van der Waals surface area contributed by atoms with Crippen LogP contribution in [0.1, 0.15) is 13.3 Å². The van der Waals surface area contributed by atoms with Crippen molar-refractivity contribution in [1.29, 1.82) is 0 Å². The van der Waals surface area contributed by atoms with E-state index in [1.807, 2.05) is 25.1 Å².